The molecule has 2 rings (SSSR count). The van der Waals surface area contributed by atoms with Gasteiger partial charge < -0.3 is 4.74 Å². The van der Waals surface area contributed by atoms with E-state index >= 15 is 0 Å². The molecule has 0 heterocycles. The highest BCUT2D eigenvalue weighted by molar-refractivity contribution is 5.95. The minimum absolute atomic E-state index is 0.231. The van der Waals surface area contributed by atoms with Crippen molar-refractivity contribution >= 4 is 11.6 Å². The Kier molecular flexibility index (Phi) is 5.10. The van der Waals surface area contributed by atoms with Crippen LogP contribution >= 0.6 is 0 Å². The fourth-order valence-electron chi connectivity index (χ4n) is 1.67. The molecule has 0 radical (unpaired) electrons. The van der Waals surface area contributed by atoms with E-state index in [0.29, 0.717) is 12.2 Å². The number of amides is 1. The van der Waals surface area contributed by atoms with Crippen molar-refractivity contribution in [1.82, 2.24) is 5.43 Å². The zero-order valence-electron chi connectivity index (χ0n) is 12.2. The summed E-state index contributed by atoms with van der Waals surface area (Å²) in [6.07, 6.45) is 0. The topological polar surface area (TPSA) is 50.7 Å². The fraction of sp³-hybridized carbons (Fsp3) is 0.176. The largest absolute Gasteiger partial charge is 0.489 e. The summed E-state index contributed by atoms with van der Waals surface area (Å²) in [6.45, 7) is 4.15. The predicted octanol–water partition coefficient (Wildman–Crippen LogP) is 3.39. The Balaban J connectivity index is 1.93. The fourth-order valence-corrected chi connectivity index (χ4v) is 1.67. The standard InChI is InChI=1S/C17H18N2O2/c1-13(2)18-19-17(20)15-8-10-16(11-9-15)21-12-14-6-4-3-5-7-14/h3-11H,12H2,1-2H3,(H,19,20). The van der Waals surface area contributed by atoms with Crippen LogP contribution in [-0.2, 0) is 6.61 Å². The lowest BCUT2D eigenvalue weighted by molar-refractivity contribution is 0.0954. The quantitative estimate of drug-likeness (QED) is 0.675. The molecule has 0 fully saturated rings. The smallest absolute Gasteiger partial charge is 0.271 e. The first-order chi connectivity index (χ1) is 10.1. The first-order valence-electron chi connectivity index (χ1n) is 6.73. The number of carbonyl (C=O) groups excluding carboxylic acids is 1. The molecule has 0 saturated carbocycles. The van der Waals surface area contributed by atoms with Gasteiger partial charge in [-0.05, 0) is 43.7 Å². The summed E-state index contributed by atoms with van der Waals surface area (Å²) >= 11 is 0. The number of hydrazone groups is 1. The van der Waals surface area contributed by atoms with E-state index in [1.165, 1.54) is 0 Å². The van der Waals surface area contributed by atoms with E-state index in [1.54, 1.807) is 24.3 Å². The van der Waals surface area contributed by atoms with Gasteiger partial charge in [0.05, 0.1) is 0 Å². The van der Waals surface area contributed by atoms with Gasteiger partial charge in [-0.25, -0.2) is 5.43 Å². The van der Waals surface area contributed by atoms with Crippen LogP contribution in [0.1, 0.15) is 29.8 Å². The molecular formula is C17H18N2O2. The lowest BCUT2D eigenvalue weighted by Gasteiger charge is -2.07. The van der Waals surface area contributed by atoms with Crippen molar-refractivity contribution in [3.8, 4) is 5.75 Å². The number of benzene rings is 2. The van der Waals surface area contributed by atoms with E-state index < -0.39 is 0 Å². The third-order valence-corrected chi connectivity index (χ3v) is 2.75. The summed E-state index contributed by atoms with van der Waals surface area (Å²) in [7, 11) is 0. The van der Waals surface area contributed by atoms with E-state index in [9.17, 15) is 4.79 Å². The Morgan fingerprint density at radius 2 is 1.71 bits per heavy atom. The summed E-state index contributed by atoms with van der Waals surface area (Å²) in [5.74, 6) is 0.497. The molecule has 0 atom stereocenters. The minimum atomic E-state index is -0.231. The van der Waals surface area contributed by atoms with Gasteiger partial charge in [0, 0.05) is 11.3 Å². The molecule has 4 nitrogen and oxygen atoms in total. The van der Waals surface area contributed by atoms with E-state index in [1.807, 2.05) is 44.2 Å². The Bertz CT molecular complexity index is 615. The molecule has 0 aliphatic carbocycles. The number of rotatable bonds is 5. The van der Waals surface area contributed by atoms with Crippen LogP contribution in [0.3, 0.4) is 0 Å². The zero-order valence-corrected chi connectivity index (χ0v) is 12.2. The molecular weight excluding hydrogens is 264 g/mol. The van der Waals surface area contributed by atoms with Crippen molar-refractivity contribution in [3.63, 3.8) is 0 Å². The molecule has 2 aromatic carbocycles. The minimum Gasteiger partial charge on any atom is -0.489 e. The van der Waals surface area contributed by atoms with Crippen LogP contribution in [-0.4, -0.2) is 11.6 Å². The van der Waals surface area contributed by atoms with Crippen molar-refractivity contribution in [2.45, 2.75) is 20.5 Å². The van der Waals surface area contributed by atoms with Gasteiger partial charge in [0.25, 0.3) is 5.91 Å². The van der Waals surface area contributed by atoms with E-state index in [0.717, 1.165) is 17.0 Å². The van der Waals surface area contributed by atoms with Gasteiger partial charge in [0.15, 0.2) is 0 Å². The van der Waals surface area contributed by atoms with Gasteiger partial charge in [-0.2, -0.15) is 5.10 Å². The molecule has 1 amide bonds. The van der Waals surface area contributed by atoms with Crippen molar-refractivity contribution in [1.29, 1.82) is 0 Å². The summed E-state index contributed by atoms with van der Waals surface area (Å²) in [6, 6.07) is 16.9. The SMILES string of the molecule is CC(C)=NNC(=O)c1ccc(OCc2ccccc2)cc1. The monoisotopic (exact) mass is 282 g/mol. The first-order valence-corrected chi connectivity index (χ1v) is 6.73. The van der Waals surface area contributed by atoms with Gasteiger partial charge >= 0.3 is 0 Å². The van der Waals surface area contributed by atoms with Gasteiger partial charge in [0.1, 0.15) is 12.4 Å². The van der Waals surface area contributed by atoms with Crippen molar-refractivity contribution in [2.24, 2.45) is 5.10 Å². The van der Waals surface area contributed by atoms with Crippen LogP contribution in [0.4, 0.5) is 0 Å². The summed E-state index contributed by atoms with van der Waals surface area (Å²) in [4.78, 5) is 11.8. The predicted molar refractivity (Wildman–Crippen MR) is 83.5 cm³/mol. The van der Waals surface area contributed by atoms with Crippen LogP contribution in [0.5, 0.6) is 5.75 Å². The number of nitrogens with zero attached hydrogens (tertiary/aromatic N) is 1. The molecule has 0 bridgehead atoms. The van der Waals surface area contributed by atoms with Crippen molar-refractivity contribution < 1.29 is 9.53 Å². The average Bonchev–Trinajstić information content (AvgIpc) is 2.52. The van der Waals surface area contributed by atoms with Crippen LogP contribution in [0, 0.1) is 0 Å². The van der Waals surface area contributed by atoms with Gasteiger partial charge in [-0.3, -0.25) is 4.79 Å². The van der Waals surface area contributed by atoms with E-state index in [2.05, 4.69) is 10.5 Å². The zero-order chi connectivity index (χ0) is 15.1. The molecule has 0 aliphatic heterocycles. The second-order valence-electron chi connectivity index (χ2n) is 4.80. The Morgan fingerprint density at radius 1 is 1.05 bits per heavy atom. The second kappa shape index (κ2) is 7.24. The summed E-state index contributed by atoms with van der Waals surface area (Å²) < 4.78 is 5.67. The Labute approximate surface area is 124 Å². The van der Waals surface area contributed by atoms with Gasteiger partial charge in [0.2, 0.25) is 0 Å². The lowest BCUT2D eigenvalue weighted by atomic mass is 10.2. The normalized spacial score (nSPS) is 9.81. The van der Waals surface area contributed by atoms with Crippen molar-refractivity contribution in [3.05, 3.63) is 65.7 Å². The molecule has 0 spiro atoms. The lowest BCUT2D eigenvalue weighted by Crippen LogP contribution is -2.18. The number of ether oxygens (including phenoxy) is 1. The first kappa shape index (κ1) is 14.8. The average molecular weight is 282 g/mol. The maximum Gasteiger partial charge on any atom is 0.271 e. The highest BCUT2D eigenvalue weighted by Gasteiger charge is 2.04. The molecule has 21 heavy (non-hydrogen) atoms. The maximum atomic E-state index is 11.8. The highest BCUT2D eigenvalue weighted by Crippen LogP contribution is 2.14. The Morgan fingerprint density at radius 3 is 2.33 bits per heavy atom. The third-order valence-electron chi connectivity index (χ3n) is 2.75. The molecule has 1 N–H and O–H groups in total. The van der Waals surface area contributed by atoms with Crippen LogP contribution < -0.4 is 10.2 Å². The number of nitrogens with one attached hydrogen (secondary N) is 1. The van der Waals surface area contributed by atoms with E-state index in [-0.39, 0.29) is 5.91 Å². The molecule has 4 heteroatoms. The highest BCUT2D eigenvalue weighted by atomic mass is 16.5. The Hall–Kier alpha value is -2.62. The number of hydrogen-bond acceptors (Lipinski definition) is 3. The van der Waals surface area contributed by atoms with Gasteiger partial charge in [-0.1, -0.05) is 30.3 Å². The van der Waals surface area contributed by atoms with Crippen LogP contribution in [0.25, 0.3) is 0 Å². The second-order valence-corrected chi connectivity index (χ2v) is 4.80. The molecule has 2 aromatic rings. The number of carbonyl (C=O) groups is 1. The summed E-state index contributed by atoms with van der Waals surface area (Å²) in [5.41, 5.74) is 4.93. The van der Waals surface area contributed by atoms with Crippen molar-refractivity contribution in [2.75, 3.05) is 0 Å². The molecule has 108 valence electrons. The number of hydrogen-bond donors (Lipinski definition) is 1. The van der Waals surface area contributed by atoms with Crippen LogP contribution in [0.15, 0.2) is 59.7 Å². The maximum absolute atomic E-state index is 11.8. The molecule has 0 aliphatic rings. The summed E-state index contributed by atoms with van der Waals surface area (Å²) in [5, 5.41) is 3.89. The van der Waals surface area contributed by atoms with Gasteiger partial charge in [-0.15, -0.1) is 0 Å². The molecule has 0 unspecified atom stereocenters. The molecule has 0 saturated heterocycles. The molecule has 0 aromatic heterocycles. The third kappa shape index (κ3) is 4.76. The van der Waals surface area contributed by atoms with E-state index in [4.69, 9.17) is 4.74 Å². The van der Waals surface area contributed by atoms with Crippen LogP contribution in [0.2, 0.25) is 0 Å².